The van der Waals surface area contributed by atoms with Crippen LogP contribution in [0.4, 0.5) is 5.95 Å². The minimum absolute atomic E-state index is 0.224. The van der Waals surface area contributed by atoms with Crippen LogP contribution in [0.5, 0.6) is 0 Å². The van der Waals surface area contributed by atoms with Crippen LogP contribution in [0.15, 0.2) is 35.3 Å². The van der Waals surface area contributed by atoms with E-state index in [2.05, 4.69) is 31.5 Å². The number of nitrogens with zero attached hydrogens (tertiary/aromatic N) is 3. The van der Waals surface area contributed by atoms with Crippen molar-refractivity contribution in [3.8, 4) is 12.3 Å². The maximum Gasteiger partial charge on any atom is 0.328 e. The zero-order valence-corrected chi connectivity index (χ0v) is 14.3. The van der Waals surface area contributed by atoms with E-state index in [9.17, 15) is 4.79 Å². The monoisotopic (exact) mass is 348 g/mol. The molecule has 0 saturated carbocycles. The Labute approximate surface area is 150 Å². The Morgan fingerprint density at radius 3 is 3.08 bits per heavy atom. The fourth-order valence-electron chi connectivity index (χ4n) is 3.27. The second-order valence-electron chi connectivity index (χ2n) is 6.49. The molecule has 1 fully saturated rings. The Kier molecular flexibility index (Phi) is 4.42. The molecule has 26 heavy (non-hydrogen) atoms. The average Bonchev–Trinajstić information content (AvgIpc) is 3.29. The number of benzene rings is 1. The molecule has 1 aliphatic rings. The second kappa shape index (κ2) is 7.02. The van der Waals surface area contributed by atoms with Crippen molar-refractivity contribution in [3.05, 3.63) is 52.1 Å². The fourth-order valence-corrected chi connectivity index (χ4v) is 3.27. The van der Waals surface area contributed by atoms with E-state index in [0.717, 1.165) is 37.2 Å². The summed E-state index contributed by atoms with van der Waals surface area (Å²) in [5, 5.41) is 6.62. The molecule has 0 amide bonds. The Morgan fingerprint density at radius 1 is 1.38 bits per heavy atom. The van der Waals surface area contributed by atoms with Crippen molar-refractivity contribution in [1.82, 2.24) is 24.8 Å². The molecule has 0 unspecified atom stereocenters. The van der Waals surface area contributed by atoms with Crippen molar-refractivity contribution in [2.24, 2.45) is 5.92 Å². The molecule has 0 spiro atoms. The maximum absolute atomic E-state index is 12.4. The third kappa shape index (κ3) is 3.19. The van der Waals surface area contributed by atoms with Crippen LogP contribution in [0.2, 0.25) is 0 Å². The largest absolute Gasteiger partial charge is 0.354 e. The van der Waals surface area contributed by atoms with Gasteiger partial charge >= 0.3 is 5.69 Å². The number of aromatic amines is 1. The van der Waals surface area contributed by atoms with Crippen LogP contribution in [-0.2, 0) is 6.54 Å². The van der Waals surface area contributed by atoms with E-state index in [0.29, 0.717) is 29.6 Å². The van der Waals surface area contributed by atoms with Gasteiger partial charge in [0.15, 0.2) is 5.65 Å². The summed E-state index contributed by atoms with van der Waals surface area (Å²) in [6.45, 7) is 3.24. The molecule has 1 aliphatic heterocycles. The summed E-state index contributed by atoms with van der Waals surface area (Å²) in [7, 11) is 0. The first-order valence-corrected chi connectivity index (χ1v) is 8.69. The van der Waals surface area contributed by atoms with Gasteiger partial charge in [0, 0.05) is 12.1 Å². The number of H-pyrrole nitrogens is 1. The van der Waals surface area contributed by atoms with E-state index in [1.807, 2.05) is 24.3 Å². The van der Waals surface area contributed by atoms with Crippen molar-refractivity contribution in [3.63, 3.8) is 0 Å². The minimum Gasteiger partial charge on any atom is -0.354 e. The van der Waals surface area contributed by atoms with Crippen molar-refractivity contribution in [2.45, 2.75) is 13.0 Å². The van der Waals surface area contributed by atoms with Crippen LogP contribution >= 0.6 is 0 Å². The molecule has 0 bridgehead atoms. The van der Waals surface area contributed by atoms with Crippen molar-refractivity contribution >= 4 is 17.1 Å². The highest BCUT2D eigenvalue weighted by Gasteiger charge is 2.15. The zero-order valence-electron chi connectivity index (χ0n) is 14.3. The highest BCUT2D eigenvalue weighted by Crippen LogP contribution is 2.14. The summed E-state index contributed by atoms with van der Waals surface area (Å²) >= 11 is 0. The lowest BCUT2D eigenvalue weighted by atomic mass is 10.1. The standard InChI is InChI=1S/C19H20N6O/c1-2-14-5-3-4-6-15(14)12-25-17-16(23-19(25)26)11-22-18(24-17)21-10-13-7-8-20-9-13/h1,3-6,11,13,20H,7-10,12H2,(H,23,26)(H,21,22,24)/t13-/m0/s1. The van der Waals surface area contributed by atoms with Crippen LogP contribution in [0.3, 0.4) is 0 Å². The molecule has 3 heterocycles. The number of rotatable bonds is 5. The van der Waals surface area contributed by atoms with E-state index < -0.39 is 0 Å². The highest BCUT2D eigenvalue weighted by atomic mass is 16.1. The van der Waals surface area contributed by atoms with E-state index in [1.54, 1.807) is 10.8 Å². The molecule has 3 N–H and O–H groups in total. The van der Waals surface area contributed by atoms with Gasteiger partial charge in [0.2, 0.25) is 5.95 Å². The van der Waals surface area contributed by atoms with Crippen LogP contribution in [0.25, 0.3) is 11.2 Å². The first-order valence-electron chi connectivity index (χ1n) is 8.69. The molecule has 2 aromatic heterocycles. The second-order valence-corrected chi connectivity index (χ2v) is 6.49. The van der Waals surface area contributed by atoms with Gasteiger partial charge in [-0.2, -0.15) is 4.98 Å². The molecule has 132 valence electrons. The molecule has 1 saturated heterocycles. The van der Waals surface area contributed by atoms with Crippen LogP contribution in [-0.4, -0.2) is 39.2 Å². The van der Waals surface area contributed by atoms with Crippen LogP contribution < -0.4 is 16.3 Å². The molecule has 4 rings (SSSR count). The number of nitrogens with one attached hydrogen (secondary N) is 3. The van der Waals surface area contributed by atoms with Crippen molar-refractivity contribution in [1.29, 1.82) is 0 Å². The molecule has 0 aliphatic carbocycles. The predicted octanol–water partition coefficient (Wildman–Crippen LogP) is 1.17. The summed E-state index contributed by atoms with van der Waals surface area (Å²) in [6.07, 6.45) is 8.35. The average molecular weight is 348 g/mol. The SMILES string of the molecule is C#Cc1ccccc1Cn1c(=O)[nH]c2cnc(NC[C@H]3CCNC3)nc21. The molecule has 1 atom stereocenters. The third-order valence-corrected chi connectivity index (χ3v) is 4.72. The van der Waals surface area contributed by atoms with E-state index >= 15 is 0 Å². The quantitative estimate of drug-likeness (QED) is 0.603. The van der Waals surface area contributed by atoms with Gasteiger partial charge in [0.25, 0.3) is 0 Å². The number of imidazole rings is 1. The van der Waals surface area contributed by atoms with Gasteiger partial charge in [-0.05, 0) is 37.1 Å². The summed E-state index contributed by atoms with van der Waals surface area (Å²) < 4.78 is 1.59. The smallest absolute Gasteiger partial charge is 0.328 e. The Morgan fingerprint density at radius 2 is 2.27 bits per heavy atom. The summed E-state index contributed by atoms with van der Waals surface area (Å²) in [5.41, 5.74) is 2.64. The zero-order chi connectivity index (χ0) is 17.9. The molecule has 1 aromatic carbocycles. The normalized spacial score (nSPS) is 16.7. The van der Waals surface area contributed by atoms with Crippen LogP contribution in [0, 0.1) is 18.3 Å². The Hall–Kier alpha value is -3.11. The van der Waals surface area contributed by atoms with Gasteiger partial charge in [-0.25, -0.2) is 9.78 Å². The number of hydrogen-bond donors (Lipinski definition) is 3. The maximum atomic E-state index is 12.4. The number of terminal acetylenes is 1. The summed E-state index contributed by atoms with van der Waals surface area (Å²) in [6, 6.07) is 7.59. The lowest BCUT2D eigenvalue weighted by Gasteiger charge is -2.10. The molecule has 7 heteroatoms. The molecule has 3 aromatic rings. The molecular weight excluding hydrogens is 328 g/mol. The van der Waals surface area contributed by atoms with E-state index in [4.69, 9.17) is 6.42 Å². The van der Waals surface area contributed by atoms with Gasteiger partial charge < -0.3 is 15.6 Å². The predicted molar refractivity (Wildman–Crippen MR) is 101 cm³/mol. The van der Waals surface area contributed by atoms with E-state index in [1.165, 1.54) is 0 Å². The summed E-state index contributed by atoms with van der Waals surface area (Å²) in [5.74, 6) is 3.77. The lowest BCUT2D eigenvalue weighted by Crippen LogP contribution is -2.19. The van der Waals surface area contributed by atoms with Gasteiger partial charge in [0.05, 0.1) is 12.7 Å². The van der Waals surface area contributed by atoms with Crippen LogP contribution in [0.1, 0.15) is 17.5 Å². The van der Waals surface area contributed by atoms with Gasteiger partial charge in [-0.15, -0.1) is 6.42 Å². The topological polar surface area (TPSA) is 87.6 Å². The highest BCUT2D eigenvalue weighted by molar-refractivity contribution is 5.71. The fraction of sp³-hybridized carbons (Fsp3) is 0.316. The Balaban J connectivity index is 1.63. The van der Waals surface area contributed by atoms with Crippen molar-refractivity contribution < 1.29 is 0 Å². The molecule has 0 radical (unpaired) electrons. The minimum atomic E-state index is -0.224. The number of hydrogen-bond acceptors (Lipinski definition) is 5. The van der Waals surface area contributed by atoms with Gasteiger partial charge in [0.1, 0.15) is 5.52 Å². The van der Waals surface area contributed by atoms with Gasteiger partial charge in [-0.1, -0.05) is 24.1 Å². The number of fused-ring (bicyclic) bond motifs is 1. The van der Waals surface area contributed by atoms with E-state index in [-0.39, 0.29) is 5.69 Å². The molecular formula is C19H20N6O. The molecule has 7 nitrogen and oxygen atoms in total. The summed E-state index contributed by atoms with van der Waals surface area (Å²) in [4.78, 5) is 24.0. The first kappa shape index (κ1) is 16.4. The first-order chi connectivity index (χ1) is 12.7. The number of anilines is 1. The Bertz CT molecular complexity index is 1020. The van der Waals surface area contributed by atoms with Gasteiger partial charge in [-0.3, -0.25) is 4.57 Å². The van der Waals surface area contributed by atoms with Crippen molar-refractivity contribution in [2.75, 3.05) is 25.0 Å². The number of aromatic nitrogens is 4. The lowest BCUT2D eigenvalue weighted by molar-refractivity contribution is 0.613. The third-order valence-electron chi connectivity index (χ3n) is 4.72.